The number of hydrogen-bond donors (Lipinski definition) is 1. The number of aliphatic carboxylic acids is 1. The summed E-state index contributed by atoms with van der Waals surface area (Å²) < 4.78 is 0. The lowest BCUT2D eigenvalue weighted by atomic mass is 10.0. The first-order chi connectivity index (χ1) is 7.48. The molecule has 0 saturated heterocycles. The van der Waals surface area contributed by atoms with Crippen molar-refractivity contribution in [2.24, 2.45) is 0 Å². The maximum absolute atomic E-state index is 11.1. The summed E-state index contributed by atoms with van der Waals surface area (Å²) in [6.45, 7) is 6.60. The SMILES string of the molecule is CCN(Cc1ccccn1)C(C)(C)C(=O)O. The van der Waals surface area contributed by atoms with Crippen molar-refractivity contribution in [3.63, 3.8) is 0 Å². The number of pyridine rings is 1. The topological polar surface area (TPSA) is 53.4 Å². The molecule has 0 aromatic carbocycles. The Labute approximate surface area is 95.9 Å². The number of nitrogens with zero attached hydrogens (tertiary/aromatic N) is 2. The van der Waals surface area contributed by atoms with Crippen LogP contribution in [0.4, 0.5) is 0 Å². The van der Waals surface area contributed by atoms with Gasteiger partial charge in [0.1, 0.15) is 5.54 Å². The Morgan fingerprint density at radius 3 is 2.62 bits per heavy atom. The minimum atomic E-state index is -0.869. The van der Waals surface area contributed by atoms with Crippen molar-refractivity contribution in [2.45, 2.75) is 32.9 Å². The van der Waals surface area contributed by atoms with Crippen molar-refractivity contribution >= 4 is 5.97 Å². The zero-order chi connectivity index (χ0) is 12.2. The Hall–Kier alpha value is -1.42. The van der Waals surface area contributed by atoms with Gasteiger partial charge in [-0.1, -0.05) is 13.0 Å². The smallest absolute Gasteiger partial charge is 0.323 e. The van der Waals surface area contributed by atoms with Gasteiger partial charge < -0.3 is 5.11 Å². The van der Waals surface area contributed by atoms with Gasteiger partial charge in [0, 0.05) is 12.7 Å². The molecule has 1 N–H and O–H groups in total. The average molecular weight is 222 g/mol. The van der Waals surface area contributed by atoms with Gasteiger partial charge in [-0.15, -0.1) is 0 Å². The van der Waals surface area contributed by atoms with Crippen LogP contribution in [0.15, 0.2) is 24.4 Å². The van der Waals surface area contributed by atoms with Crippen LogP contribution in [0.2, 0.25) is 0 Å². The fourth-order valence-electron chi connectivity index (χ4n) is 1.53. The molecule has 1 aromatic rings. The highest BCUT2D eigenvalue weighted by molar-refractivity contribution is 5.77. The van der Waals surface area contributed by atoms with Crippen LogP contribution < -0.4 is 0 Å². The van der Waals surface area contributed by atoms with E-state index in [-0.39, 0.29) is 0 Å². The van der Waals surface area contributed by atoms with E-state index in [4.69, 9.17) is 5.11 Å². The van der Waals surface area contributed by atoms with E-state index in [0.717, 1.165) is 5.69 Å². The van der Waals surface area contributed by atoms with Crippen LogP contribution in [0.5, 0.6) is 0 Å². The van der Waals surface area contributed by atoms with Crippen LogP contribution in [0, 0.1) is 0 Å². The second kappa shape index (κ2) is 5.07. The third kappa shape index (κ3) is 2.79. The molecule has 0 aliphatic heterocycles. The highest BCUT2D eigenvalue weighted by Gasteiger charge is 2.33. The average Bonchev–Trinajstić information content (AvgIpc) is 2.26. The van der Waals surface area contributed by atoms with Crippen molar-refractivity contribution in [3.8, 4) is 0 Å². The molecule has 88 valence electrons. The number of carboxylic acid groups (broad SMARTS) is 1. The van der Waals surface area contributed by atoms with E-state index in [1.165, 1.54) is 0 Å². The van der Waals surface area contributed by atoms with E-state index in [0.29, 0.717) is 13.1 Å². The van der Waals surface area contributed by atoms with Gasteiger partial charge in [-0.05, 0) is 32.5 Å². The van der Waals surface area contributed by atoms with Crippen LogP contribution in [0.1, 0.15) is 26.5 Å². The summed E-state index contributed by atoms with van der Waals surface area (Å²) in [7, 11) is 0. The van der Waals surface area contributed by atoms with E-state index >= 15 is 0 Å². The first-order valence-corrected chi connectivity index (χ1v) is 5.36. The standard InChI is InChI=1S/C12H18N2O2/c1-4-14(12(2,3)11(15)16)9-10-7-5-6-8-13-10/h5-8H,4,9H2,1-3H3,(H,15,16). The first kappa shape index (κ1) is 12.6. The highest BCUT2D eigenvalue weighted by Crippen LogP contribution is 2.16. The minimum Gasteiger partial charge on any atom is -0.480 e. The molecule has 0 radical (unpaired) electrons. The minimum absolute atomic E-state index is 0.552. The Morgan fingerprint density at radius 2 is 2.19 bits per heavy atom. The highest BCUT2D eigenvalue weighted by atomic mass is 16.4. The van der Waals surface area contributed by atoms with Crippen LogP contribution in [0.3, 0.4) is 0 Å². The Balaban J connectivity index is 2.81. The molecular formula is C12H18N2O2. The molecule has 1 heterocycles. The summed E-state index contributed by atoms with van der Waals surface area (Å²) in [4.78, 5) is 17.2. The summed E-state index contributed by atoms with van der Waals surface area (Å²) in [6, 6.07) is 5.66. The number of aromatic nitrogens is 1. The lowest BCUT2D eigenvalue weighted by Crippen LogP contribution is -2.49. The van der Waals surface area contributed by atoms with Gasteiger partial charge in [-0.25, -0.2) is 0 Å². The maximum Gasteiger partial charge on any atom is 0.323 e. The van der Waals surface area contributed by atoms with Crippen LogP contribution in [-0.2, 0) is 11.3 Å². The van der Waals surface area contributed by atoms with Gasteiger partial charge in [0.2, 0.25) is 0 Å². The van der Waals surface area contributed by atoms with Crippen LogP contribution in [0.25, 0.3) is 0 Å². The van der Waals surface area contributed by atoms with E-state index in [2.05, 4.69) is 4.98 Å². The zero-order valence-corrected chi connectivity index (χ0v) is 9.97. The molecule has 0 unspecified atom stereocenters. The van der Waals surface area contributed by atoms with E-state index in [1.54, 1.807) is 20.0 Å². The molecule has 0 spiro atoms. The molecule has 0 atom stereocenters. The van der Waals surface area contributed by atoms with Gasteiger partial charge in [0.15, 0.2) is 0 Å². The van der Waals surface area contributed by atoms with Crippen molar-refractivity contribution in [1.29, 1.82) is 0 Å². The summed E-state index contributed by atoms with van der Waals surface area (Å²) in [5.41, 5.74) is 0.0189. The molecule has 4 heteroatoms. The van der Waals surface area contributed by atoms with Gasteiger partial charge in [0.05, 0.1) is 5.69 Å². The van der Waals surface area contributed by atoms with Crippen LogP contribution in [-0.4, -0.2) is 33.0 Å². The molecule has 1 rings (SSSR count). The Morgan fingerprint density at radius 1 is 1.50 bits per heavy atom. The Kier molecular flexibility index (Phi) is 4.01. The fraction of sp³-hybridized carbons (Fsp3) is 0.500. The van der Waals surface area contributed by atoms with Gasteiger partial charge in [0.25, 0.3) is 0 Å². The second-order valence-corrected chi connectivity index (χ2v) is 4.20. The fourth-order valence-corrected chi connectivity index (χ4v) is 1.53. The number of carboxylic acids is 1. The molecule has 0 bridgehead atoms. The monoisotopic (exact) mass is 222 g/mol. The molecule has 0 aliphatic rings. The molecule has 0 saturated carbocycles. The van der Waals surface area contributed by atoms with Gasteiger partial charge in [-0.2, -0.15) is 0 Å². The molecular weight excluding hydrogens is 204 g/mol. The predicted molar refractivity (Wildman–Crippen MR) is 62.0 cm³/mol. The quantitative estimate of drug-likeness (QED) is 0.825. The van der Waals surface area contributed by atoms with Gasteiger partial charge in [-0.3, -0.25) is 14.7 Å². The summed E-state index contributed by atoms with van der Waals surface area (Å²) >= 11 is 0. The van der Waals surface area contributed by atoms with Crippen molar-refractivity contribution in [3.05, 3.63) is 30.1 Å². The van der Waals surface area contributed by atoms with Crippen molar-refractivity contribution in [2.75, 3.05) is 6.54 Å². The maximum atomic E-state index is 11.1. The summed E-state index contributed by atoms with van der Waals surface area (Å²) in [5, 5.41) is 9.16. The van der Waals surface area contributed by atoms with Gasteiger partial charge >= 0.3 is 5.97 Å². The van der Waals surface area contributed by atoms with Crippen molar-refractivity contribution in [1.82, 2.24) is 9.88 Å². The summed E-state index contributed by atoms with van der Waals surface area (Å²) in [6.07, 6.45) is 1.72. The molecule has 1 aromatic heterocycles. The second-order valence-electron chi connectivity index (χ2n) is 4.20. The Bertz CT molecular complexity index is 349. The number of carbonyl (C=O) groups is 1. The largest absolute Gasteiger partial charge is 0.480 e. The predicted octanol–water partition coefficient (Wildman–Crippen LogP) is 1.77. The van der Waals surface area contributed by atoms with Crippen LogP contribution >= 0.6 is 0 Å². The van der Waals surface area contributed by atoms with E-state index in [9.17, 15) is 4.79 Å². The van der Waals surface area contributed by atoms with E-state index in [1.807, 2.05) is 30.0 Å². The molecule has 0 amide bonds. The number of likely N-dealkylation sites (N-methyl/N-ethyl adjacent to an activating group) is 1. The lowest BCUT2D eigenvalue weighted by Gasteiger charge is -2.33. The summed E-state index contributed by atoms with van der Waals surface area (Å²) in [5.74, 6) is -0.815. The third-order valence-corrected chi connectivity index (χ3v) is 2.77. The molecule has 0 aliphatic carbocycles. The van der Waals surface area contributed by atoms with E-state index < -0.39 is 11.5 Å². The molecule has 4 nitrogen and oxygen atoms in total. The number of rotatable bonds is 5. The molecule has 16 heavy (non-hydrogen) atoms. The zero-order valence-electron chi connectivity index (χ0n) is 9.97. The lowest BCUT2D eigenvalue weighted by molar-refractivity contribution is -0.149. The number of hydrogen-bond acceptors (Lipinski definition) is 3. The molecule has 0 fully saturated rings. The first-order valence-electron chi connectivity index (χ1n) is 5.36. The normalized spacial score (nSPS) is 11.8. The third-order valence-electron chi connectivity index (χ3n) is 2.77. The van der Waals surface area contributed by atoms with Crippen molar-refractivity contribution < 1.29 is 9.90 Å².